The zero-order chi connectivity index (χ0) is 15.3. The molecule has 2 aromatic heterocycles. The highest BCUT2D eigenvalue weighted by Gasteiger charge is 2.17. The summed E-state index contributed by atoms with van der Waals surface area (Å²) in [5, 5.41) is 0.892. The molecular weight excluding hydrogens is 291 g/mol. The highest BCUT2D eigenvalue weighted by atomic mass is 35.5. The molecule has 0 atom stereocenters. The molecule has 0 unspecified atom stereocenters. The van der Waals surface area contributed by atoms with Gasteiger partial charge < -0.3 is 5.73 Å². The van der Waals surface area contributed by atoms with Crippen LogP contribution in [-0.2, 0) is 0 Å². The SMILES string of the molecule is Cc1nc(N)c2c(C)c(C)n(-c3ccc(F)c(Cl)c3)c2n1. The molecule has 0 aliphatic carbocycles. The molecule has 3 rings (SSSR count). The molecule has 4 nitrogen and oxygen atoms in total. The molecule has 0 amide bonds. The summed E-state index contributed by atoms with van der Waals surface area (Å²) in [7, 11) is 0. The number of nitrogen functional groups attached to an aromatic ring is 1. The van der Waals surface area contributed by atoms with Crippen molar-refractivity contribution < 1.29 is 4.39 Å². The molecule has 0 saturated carbocycles. The Morgan fingerprint density at radius 2 is 1.90 bits per heavy atom. The van der Waals surface area contributed by atoms with Gasteiger partial charge >= 0.3 is 0 Å². The third-order valence-electron chi connectivity index (χ3n) is 3.66. The number of fused-ring (bicyclic) bond motifs is 1. The number of nitrogens with two attached hydrogens (primary N) is 1. The predicted molar refractivity (Wildman–Crippen MR) is 82.5 cm³/mol. The summed E-state index contributed by atoms with van der Waals surface area (Å²) in [6, 6.07) is 4.59. The van der Waals surface area contributed by atoms with E-state index in [9.17, 15) is 4.39 Å². The first kappa shape index (κ1) is 13.8. The van der Waals surface area contributed by atoms with Gasteiger partial charge in [-0.2, -0.15) is 0 Å². The van der Waals surface area contributed by atoms with E-state index < -0.39 is 5.82 Å². The minimum Gasteiger partial charge on any atom is -0.383 e. The number of hydrogen-bond donors (Lipinski definition) is 1. The minimum absolute atomic E-state index is 0.0742. The standard InChI is InChI=1S/C15H14ClFN4/c1-7-8(2)21(10-4-5-12(17)11(16)6-10)15-13(7)14(18)19-9(3)20-15/h4-6H,1-3H3,(H2,18,19,20). The zero-order valence-electron chi connectivity index (χ0n) is 11.9. The lowest BCUT2D eigenvalue weighted by atomic mass is 10.2. The van der Waals surface area contributed by atoms with Crippen LogP contribution in [0.4, 0.5) is 10.2 Å². The van der Waals surface area contributed by atoms with Gasteiger partial charge in [0.05, 0.1) is 10.4 Å². The second-order valence-electron chi connectivity index (χ2n) is 5.00. The van der Waals surface area contributed by atoms with Crippen LogP contribution in [0, 0.1) is 26.6 Å². The molecule has 0 fully saturated rings. The molecule has 0 aliphatic heterocycles. The second kappa shape index (κ2) is 4.70. The number of aryl methyl sites for hydroxylation is 2. The van der Waals surface area contributed by atoms with Crippen molar-refractivity contribution in [3.05, 3.63) is 46.1 Å². The largest absolute Gasteiger partial charge is 0.383 e. The highest BCUT2D eigenvalue weighted by Crippen LogP contribution is 2.31. The van der Waals surface area contributed by atoms with Crippen LogP contribution in [0.2, 0.25) is 5.02 Å². The first-order valence-electron chi connectivity index (χ1n) is 6.47. The molecule has 0 radical (unpaired) electrons. The van der Waals surface area contributed by atoms with Crippen molar-refractivity contribution in [3.8, 4) is 5.69 Å². The van der Waals surface area contributed by atoms with E-state index in [-0.39, 0.29) is 5.02 Å². The molecule has 6 heteroatoms. The fraction of sp³-hybridized carbons (Fsp3) is 0.200. The molecule has 0 spiro atoms. The van der Waals surface area contributed by atoms with Crippen molar-refractivity contribution in [2.24, 2.45) is 0 Å². The van der Waals surface area contributed by atoms with E-state index in [4.69, 9.17) is 17.3 Å². The monoisotopic (exact) mass is 304 g/mol. The van der Waals surface area contributed by atoms with Crippen LogP contribution in [0.5, 0.6) is 0 Å². The lowest BCUT2D eigenvalue weighted by Gasteiger charge is -2.09. The maximum absolute atomic E-state index is 13.4. The number of anilines is 1. The molecule has 21 heavy (non-hydrogen) atoms. The normalized spacial score (nSPS) is 11.3. The molecule has 2 N–H and O–H groups in total. The highest BCUT2D eigenvalue weighted by molar-refractivity contribution is 6.30. The van der Waals surface area contributed by atoms with Gasteiger partial charge in [0.25, 0.3) is 0 Å². The molecule has 108 valence electrons. The Hall–Kier alpha value is -2.14. The van der Waals surface area contributed by atoms with Crippen LogP contribution in [0.1, 0.15) is 17.1 Å². The van der Waals surface area contributed by atoms with Gasteiger partial charge in [-0.1, -0.05) is 11.6 Å². The van der Waals surface area contributed by atoms with E-state index >= 15 is 0 Å². The summed E-state index contributed by atoms with van der Waals surface area (Å²) in [6.45, 7) is 5.72. The quantitative estimate of drug-likeness (QED) is 0.745. The Bertz CT molecular complexity index is 870. The summed E-state index contributed by atoms with van der Waals surface area (Å²) < 4.78 is 15.3. The van der Waals surface area contributed by atoms with Crippen LogP contribution in [0.15, 0.2) is 18.2 Å². The van der Waals surface area contributed by atoms with Crippen LogP contribution >= 0.6 is 11.6 Å². The fourth-order valence-corrected chi connectivity index (χ4v) is 2.72. The zero-order valence-corrected chi connectivity index (χ0v) is 12.7. The summed E-state index contributed by atoms with van der Waals surface area (Å²) >= 11 is 5.89. The van der Waals surface area contributed by atoms with Crippen molar-refractivity contribution in [1.82, 2.24) is 14.5 Å². The minimum atomic E-state index is -0.448. The van der Waals surface area contributed by atoms with Gasteiger partial charge in [0.1, 0.15) is 17.5 Å². The third kappa shape index (κ3) is 2.05. The smallest absolute Gasteiger partial charge is 0.150 e. The average Bonchev–Trinajstić information content (AvgIpc) is 2.65. The van der Waals surface area contributed by atoms with Crippen molar-refractivity contribution >= 4 is 28.5 Å². The number of halogens is 2. The lowest BCUT2D eigenvalue weighted by molar-refractivity contribution is 0.628. The van der Waals surface area contributed by atoms with Crippen LogP contribution < -0.4 is 5.73 Å². The Labute approximate surface area is 126 Å². The van der Waals surface area contributed by atoms with Crippen molar-refractivity contribution in [1.29, 1.82) is 0 Å². The molecule has 3 aromatic rings. The van der Waals surface area contributed by atoms with Gasteiger partial charge in [0.15, 0.2) is 5.65 Å². The number of nitrogens with zero attached hydrogens (tertiary/aromatic N) is 3. The van der Waals surface area contributed by atoms with E-state index in [0.717, 1.165) is 22.3 Å². The Morgan fingerprint density at radius 1 is 1.19 bits per heavy atom. The maximum Gasteiger partial charge on any atom is 0.150 e. The van der Waals surface area contributed by atoms with Crippen molar-refractivity contribution in [2.75, 3.05) is 5.73 Å². The van der Waals surface area contributed by atoms with E-state index in [1.165, 1.54) is 6.07 Å². The topological polar surface area (TPSA) is 56.7 Å². The van der Waals surface area contributed by atoms with Crippen molar-refractivity contribution in [3.63, 3.8) is 0 Å². The Balaban J connectivity index is 2.42. The fourth-order valence-electron chi connectivity index (χ4n) is 2.55. The van der Waals surface area contributed by atoms with E-state index in [2.05, 4.69) is 9.97 Å². The number of hydrogen-bond acceptors (Lipinski definition) is 3. The molecule has 0 saturated heterocycles. The molecule has 0 bridgehead atoms. The molecule has 0 aliphatic rings. The number of aromatic nitrogens is 3. The molecular formula is C15H14ClFN4. The summed E-state index contributed by atoms with van der Waals surface area (Å²) in [6.07, 6.45) is 0. The molecule has 2 heterocycles. The third-order valence-corrected chi connectivity index (χ3v) is 3.95. The van der Waals surface area contributed by atoms with Crippen LogP contribution in [0.3, 0.4) is 0 Å². The predicted octanol–water partition coefficient (Wildman–Crippen LogP) is 3.72. The maximum atomic E-state index is 13.4. The van der Waals surface area contributed by atoms with Gasteiger partial charge in [-0.25, -0.2) is 14.4 Å². The average molecular weight is 305 g/mol. The Morgan fingerprint density at radius 3 is 2.57 bits per heavy atom. The van der Waals surface area contributed by atoms with Crippen LogP contribution in [0.25, 0.3) is 16.7 Å². The van der Waals surface area contributed by atoms with Crippen molar-refractivity contribution in [2.45, 2.75) is 20.8 Å². The van der Waals surface area contributed by atoms with E-state index in [0.29, 0.717) is 17.3 Å². The van der Waals surface area contributed by atoms with Crippen LogP contribution in [-0.4, -0.2) is 14.5 Å². The van der Waals surface area contributed by atoms with E-state index in [1.807, 2.05) is 18.4 Å². The first-order chi connectivity index (χ1) is 9.90. The number of rotatable bonds is 1. The lowest BCUT2D eigenvalue weighted by Crippen LogP contribution is -2.01. The van der Waals surface area contributed by atoms with Gasteiger partial charge in [-0.05, 0) is 44.5 Å². The van der Waals surface area contributed by atoms with Gasteiger partial charge in [0, 0.05) is 11.4 Å². The summed E-state index contributed by atoms with van der Waals surface area (Å²) in [4.78, 5) is 8.69. The number of benzene rings is 1. The van der Waals surface area contributed by atoms with Gasteiger partial charge in [-0.15, -0.1) is 0 Å². The van der Waals surface area contributed by atoms with E-state index in [1.54, 1.807) is 19.1 Å². The van der Waals surface area contributed by atoms with Gasteiger partial charge in [-0.3, -0.25) is 4.57 Å². The second-order valence-corrected chi connectivity index (χ2v) is 5.41. The van der Waals surface area contributed by atoms with Gasteiger partial charge in [0.2, 0.25) is 0 Å². The first-order valence-corrected chi connectivity index (χ1v) is 6.85. The Kier molecular flexibility index (Phi) is 3.10. The molecule has 1 aromatic carbocycles. The summed E-state index contributed by atoms with van der Waals surface area (Å²) in [5.74, 6) is 0.591. The summed E-state index contributed by atoms with van der Waals surface area (Å²) in [5.41, 5.74) is 9.45.